The van der Waals surface area contributed by atoms with E-state index in [2.05, 4.69) is 22.3 Å². The molecule has 0 heterocycles. The topological polar surface area (TPSA) is 87.3 Å². The van der Waals surface area contributed by atoms with Crippen LogP contribution >= 0.6 is 0 Å². The van der Waals surface area contributed by atoms with Gasteiger partial charge in [0.05, 0.1) is 4.90 Å². The van der Waals surface area contributed by atoms with Crippen LogP contribution in [0.1, 0.15) is 45.1 Å². The van der Waals surface area contributed by atoms with Gasteiger partial charge in [-0.05, 0) is 38.1 Å². The number of urea groups is 1. The number of carbonyl (C=O) groups is 1. The fourth-order valence-corrected chi connectivity index (χ4v) is 2.97. The highest BCUT2D eigenvalue weighted by atomic mass is 32.2. The summed E-state index contributed by atoms with van der Waals surface area (Å²) in [6.07, 6.45) is 4.38. The Kier molecular flexibility index (Phi) is 8.05. The predicted molar refractivity (Wildman–Crippen MR) is 91.7 cm³/mol. The number of rotatable bonds is 9. The number of hydrogen-bond donors (Lipinski definition) is 3. The van der Waals surface area contributed by atoms with Crippen molar-refractivity contribution in [1.29, 1.82) is 0 Å². The maximum Gasteiger partial charge on any atom is 0.315 e. The van der Waals surface area contributed by atoms with Crippen LogP contribution in [0.3, 0.4) is 0 Å². The van der Waals surface area contributed by atoms with Gasteiger partial charge in [0.1, 0.15) is 0 Å². The van der Waals surface area contributed by atoms with Crippen molar-refractivity contribution in [3.8, 4) is 0 Å². The van der Waals surface area contributed by atoms with Crippen molar-refractivity contribution in [3.05, 3.63) is 29.8 Å². The quantitative estimate of drug-likeness (QED) is 0.603. The number of carbonyl (C=O) groups excluding carboxylic acids is 1. The number of amides is 2. The predicted octanol–water partition coefficient (Wildman–Crippen LogP) is 2.36. The summed E-state index contributed by atoms with van der Waals surface area (Å²) in [7, 11) is -2.10. The molecule has 0 aliphatic rings. The Morgan fingerprint density at radius 3 is 2.65 bits per heavy atom. The lowest BCUT2D eigenvalue weighted by Gasteiger charge is -2.14. The van der Waals surface area contributed by atoms with E-state index in [0.29, 0.717) is 0 Å². The summed E-state index contributed by atoms with van der Waals surface area (Å²) in [5, 5.41) is 5.64. The molecule has 1 aromatic carbocycles. The smallest absolute Gasteiger partial charge is 0.315 e. The normalized spacial score (nSPS) is 12.7. The molecule has 0 radical (unpaired) electrons. The van der Waals surface area contributed by atoms with Crippen LogP contribution in [0, 0.1) is 0 Å². The zero-order chi connectivity index (χ0) is 17.3. The van der Waals surface area contributed by atoms with Gasteiger partial charge in [0, 0.05) is 12.6 Å². The lowest BCUT2D eigenvalue weighted by molar-refractivity contribution is 0.236. The highest BCUT2D eigenvalue weighted by molar-refractivity contribution is 7.89. The Bertz CT molecular complexity index is 602. The van der Waals surface area contributed by atoms with E-state index in [1.54, 1.807) is 18.2 Å². The minimum absolute atomic E-state index is 0.123. The molecule has 0 aromatic heterocycles. The van der Waals surface area contributed by atoms with Crippen LogP contribution in [0.15, 0.2) is 29.2 Å². The summed E-state index contributed by atoms with van der Waals surface area (Å²) in [6, 6.07) is 6.39. The third-order valence-corrected chi connectivity index (χ3v) is 4.96. The van der Waals surface area contributed by atoms with Crippen LogP contribution in [0.25, 0.3) is 0 Å². The zero-order valence-corrected chi connectivity index (χ0v) is 14.9. The lowest BCUT2D eigenvalue weighted by Crippen LogP contribution is -2.40. The minimum Gasteiger partial charge on any atom is -0.336 e. The molecule has 2 amide bonds. The van der Waals surface area contributed by atoms with Gasteiger partial charge in [0.25, 0.3) is 0 Å². The van der Waals surface area contributed by atoms with Crippen LogP contribution in [0.2, 0.25) is 0 Å². The van der Waals surface area contributed by atoms with Gasteiger partial charge in [-0.15, -0.1) is 0 Å². The number of unbranched alkanes of at least 4 members (excludes halogenated alkanes) is 2. The Balaban J connectivity index is 2.49. The molecule has 0 bridgehead atoms. The molecule has 1 unspecified atom stereocenters. The van der Waals surface area contributed by atoms with Crippen molar-refractivity contribution in [2.75, 3.05) is 7.05 Å². The van der Waals surface area contributed by atoms with Gasteiger partial charge < -0.3 is 10.6 Å². The fraction of sp³-hybridized carbons (Fsp3) is 0.562. The first-order valence-corrected chi connectivity index (χ1v) is 9.44. The fourth-order valence-electron chi connectivity index (χ4n) is 2.17. The second-order valence-corrected chi connectivity index (χ2v) is 7.47. The van der Waals surface area contributed by atoms with Crippen molar-refractivity contribution in [1.82, 2.24) is 15.4 Å². The summed E-state index contributed by atoms with van der Waals surface area (Å²) in [4.78, 5) is 12.0. The van der Waals surface area contributed by atoms with Crippen molar-refractivity contribution in [2.24, 2.45) is 0 Å². The zero-order valence-electron chi connectivity index (χ0n) is 14.1. The monoisotopic (exact) mass is 341 g/mol. The van der Waals surface area contributed by atoms with Gasteiger partial charge >= 0.3 is 6.03 Å². The van der Waals surface area contributed by atoms with E-state index < -0.39 is 10.0 Å². The number of hydrogen-bond acceptors (Lipinski definition) is 3. The van der Waals surface area contributed by atoms with Gasteiger partial charge in [-0.2, -0.15) is 0 Å². The third kappa shape index (κ3) is 7.00. The standard InChI is InChI=1S/C16H27N3O3S/c1-4-5-6-8-13(2)19-16(20)18-12-14-9-7-10-15(11-14)23(21,22)17-3/h7,9-11,13,17H,4-6,8,12H2,1-3H3,(H2,18,19,20). The average Bonchev–Trinajstić information content (AvgIpc) is 2.53. The minimum atomic E-state index is -3.47. The molecule has 23 heavy (non-hydrogen) atoms. The van der Waals surface area contributed by atoms with E-state index in [1.807, 2.05) is 6.92 Å². The molecule has 0 aliphatic heterocycles. The van der Waals surface area contributed by atoms with Crippen LogP contribution in [0.4, 0.5) is 4.79 Å². The largest absolute Gasteiger partial charge is 0.336 e. The van der Waals surface area contributed by atoms with Crippen molar-refractivity contribution in [3.63, 3.8) is 0 Å². The SMILES string of the molecule is CCCCCC(C)NC(=O)NCc1cccc(S(=O)(=O)NC)c1. The van der Waals surface area contributed by atoms with E-state index in [-0.39, 0.29) is 23.5 Å². The number of nitrogens with one attached hydrogen (secondary N) is 3. The summed E-state index contributed by atoms with van der Waals surface area (Å²) in [5.41, 5.74) is 0.732. The first kappa shape index (κ1) is 19.4. The molecule has 0 spiro atoms. The van der Waals surface area contributed by atoms with E-state index in [9.17, 15) is 13.2 Å². The summed E-state index contributed by atoms with van der Waals surface area (Å²) in [5.74, 6) is 0. The van der Waals surface area contributed by atoms with E-state index in [0.717, 1.165) is 24.8 Å². The van der Waals surface area contributed by atoms with Crippen molar-refractivity contribution < 1.29 is 13.2 Å². The molecule has 0 saturated heterocycles. The van der Waals surface area contributed by atoms with Crippen LogP contribution in [-0.4, -0.2) is 27.5 Å². The van der Waals surface area contributed by atoms with Gasteiger partial charge in [0.2, 0.25) is 10.0 Å². The van der Waals surface area contributed by atoms with Crippen LogP contribution in [0.5, 0.6) is 0 Å². The Hall–Kier alpha value is -1.60. The maximum absolute atomic E-state index is 11.8. The second kappa shape index (κ2) is 9.52. The van der Waals surface area contributed by atoms with Crippen LogP contribution in [-0.2, 0) is 16.6 Å². The molecule has 130 valence electrons. The number of benzene rings is 1. The van der Waals surface area contributed by atoms with Crippen molar-refractivity contribution >= 4 is 16.1 Å². The first-order chi connectivity index (χ1) is 10.9. The Morgan fingerprint density at radius 2 is 2.00 bits per heavy atom. The second-order valence-electron chi connectivity index (χ2n) is 5.58. The molecule has 0 aliphatic carbocycles. The van der Waals surface area contributed by atoms with Gasteiger partial charge in [0.15, 0.2) is 0 Å². The highest BCUT2D eigenvalue weighted by Crippen LogP contribution is 2.11. The molecule has 7 heteroatoms. The average molecular weight is 341 g/mol. The lowest BCUT2D eigenvalue weighted by atomic mass is 10.1. The molecule has 1 aromatic rings. The third-order valence-electron chi connectivity index (χ3n) is 3.55. The molecule has 3 N–H and O–H groups in total. The van der Waals surface area contributed by atoms with E-state index in [4.69, 9.17) is 0 Å². The highest BCUT2D eigenvalue weighted by Gasteiger charge is 2.12. The van der Waals surface area contributed by atoms with Gasteiger partial charge in [-0.25, -0.2) is 17.9 Å². The molecule has 0 fully saturated rings. The van der Waals surface area contributed by atoms with E-state index >= 15 is 0 Å². The molecule has 1 rings (SSSR count). The molecule has 0 saturated carbocycles. The first-order valence-electron chi connectivity index (χ1n) is 7.96. The number of sulfonamides is 1. The molecule has 1 atom stereocenters. The maximum atomic E-state index is 11.8. The summed E-state index contributed by atoms with van der Waals surface area (Å²) in [6.45, 7) is 4.41. The molecular formula is C16H27N3O3S. The molecule has 6 nitrogen and oxygen atoms in total. The van der Waals surface area contributed by atoms with Gasteiger partial charge in [-0.3, -0.25) is 0 Å². The van der Waals surface area contributed by atoms with E-state index in [1.165, 1.54) is 19.5 Å². The molecular weight excluding hydrogens is 314 g/mol. The Labute approximate surface area is 139 Å². The summed E-state index contributed by atoms with van der Waals surface area (Å²) >= 11 is 0. The van der Waals surface area contributed by atoms with Gasteiger partial charge in [-0.1, -0.05) is 38.3 Å². The van der Waals surface area contributed by atoms with Crippen molar-refractivity contribution in [2.45, 2.75) is 57.0 Å². The Morgan fingerprint density at radius 1 is 1.26 bits per heavy atom. The summed E-state index contributed by atoms with van der Waals surface area (Å²) < 4.78 is 25.8. The van der Waals surface area contributed by atoms with Crippen LogP contribution < -0.4 is 15.4 Å².